The lowest BCUT2D eigenvalue weighted by Crippen LogP contribution is -2.49. The Bertz CT molecular complexity index is 606. The fraction of sp³-hybridized carbons (Fsp3) is 0.429. The van der Waals surface area contributed by atoms with E-state index >= 15 is 0 Å². The molecule has 0 saturated carbocycles. The van der Waals surface area contributed by atoms with Crippen molar-refractivity contribution in [3.05, 3.63) is 30.0 Å². The van der Waals surface area contributed by atoms with Gasteiger partial charge in [-0.2, -0.15) is 5.10 Å². The molecule has 2 aromatic rings. The molecule has 2 unspecified atom stereocenters. The number of hydrogen-bond donors (Lipinski definition) is 2. The molecular weight excluding hydrogens is 240 g/mol. The number of rotatable bonds is 1. The van der Waals surface area contributed by atoms with E-state index in [0.717, 1.165) is 23.9 Å². The summed E-state index contributed by atoms with van der Waals surface area (Å²) in [5.41, 5.74) is 7.44. The second-order valence-corrected chi connectivity index (χ2v) is 5.30. The number of para-hydroxylation sites is 1. The minimum absolute atomic E-state index is 0.0280. The van der Waals surface area contributed by atoms with Crippen molar-refractivity contribution in [1.29, 1.82) is 0 Å². The highest BCUT2D eigenvalue weighted by Crippen LogP contribution is 2.21. The second-order valence-electron chi connectivity index (χ2n) is 5.30. The quantitative estimate of drug-likeness (QED) is 0.811. The van der Waals surface area contributed by atoms with Gasteiger partial charge in [-0.3, -0.25) is 9.89 Å². The van der Waals surface area contributed by atoms with Crippen molar-refractivity contribution >= 4 is 16.8 Å². The molecule has 2 heterocycles. The number of likely N-dealkylation sites (tertiary alicyclic amines) is 1. The smallest absolute Gasteiger partial charge is 0.275 e. The first kappa shape index (κ1) is 12.2. The first-order valence-electron chi connectivity index (χ1n) is 6.65. The summed E-state index contributed by atoms with van der Waals surface area (Å²) in [5, 5.41) is 7.93. The van der Waals surface area contributed by atoms with Crippen molar-refractivity contribution in [2.24, 2.45) is 11.7 Å². The number of aromatic nitrogens is 2. The third-order valence-corrected chi connectivity index (χ3v) is 3.98. The van der Waals surface area contributed by atoms with Crippen LogP contribution in [0, 0.1) is 5.92 Å². The maximum Gasteiger partial charge on any atom is 0.275 e. The average molecular weight is 258 g/mol. The SMILES string of the molecule is CC1CCN(C(=O)c2n[nH]c3ccccc23)CC1N. The van der Waals surface area contributed by atoms with Crippen LogP contribution in [-0.4, -0.2) is 40.1 Å². The largest absolute Gasteiger partial charge is 0.336 e. The maximum atomic E-state index is 12.5. The van der Waals surface area contributed by atoms with Gasteiger partial charge in [-0.15, -0.1) is 0 Å². The van der Waals surface area contributed by atoms with Gasteiger partial charge in [-0.1, -0.05) is 25.1 Å². The van der Waals surface area contributed by atoms with Gasteiger partial charge in [0.15, 0.2) is 5.69 Å². The molecule has 0 bridgehead atoms. The van der Waals surface area contributed by atoms with Crippen LogP contribution in [-0.2, 0) is 0 Å². The van der Waals surface area contributed by atoms with Crippen LogP contribution in [0.25, 0.3) is 10.9 Å². The molecule has 2 atom stereocenters. The third kappa shape index (κ3) is 2.10. The van der Waals surface area contributed by atoms with Crippen LogP contribution in [0.15, 0.2) is 24.3 Å². The highest BCUT2D eigenvalue weighted by molar-refractivity contribution is 6.04. The highest BCUT2D eigenvalue weighted by atomic mass is 16.2. The molecule has 5 heteroatoms. The number of carbonyl (C=O) groups excluding carboxylic acids is 1. The summed E-state index contributed by atoms with van der Waals surface area (Å²) in [6.45, 7) is 3.51. The summed E-state index contributed by atoms with van der Waals surface area (Å²) >= 11 is 0. The molecule has 3 N–H and O–H groups in total. The summed E-state index contributed by atoms with van der Waals surface area (Å²) < 4.78 is 0. The van der Waals surface area contributed by atoms with Crippen LogP contribution in [0.4, 0.5) is 0 Å². The molecule has 0 radical (unpaired) electrons. The van der Waals surface area contributed by atoms with Gasteiger partial charge in [-0.05, 0) is 18.4 Å². The first-order chi connectivity index (χ1) is 9.16. The lowest BCUT2D eigenvalue weighted by atomic mass is 9.94. The molecule has 0 aliphatic carbocycles. The number of nitrogens with zero attached hydrogens (tertiary/aromatic N) is 2. The zero-order chi connectivity index (χ0) is 13.4. The van der Waals surface area contributed by atoms with Crippen molar-refractivity contribution in [3.63, 3.8) is 0 Å². The van der Waals surface area contributed by atoms with Crippen LogP contribution in [0.1, 0.15) is 23.8 Å². The van der Waals surface area contributed by atoms with Crippen molar-refractivity contribution in [2.45, 2.75) is 19.4 Å². The molecule has 1 aliphatic rings. The number of hydrogen-bond acceptors (Lipinski definition) is 3. The average Bonchev–Trinajstić information content (AvgIpc) is 2.85. The van der Waals surface area contributed by atoms with Gasteiger partial charge < -0.3 is 10.6 Å². The van der Waals surface area contributed by atoms with Gasteiger partial charge in [0.2, 0.25) is 0 Å². The zero-order valence-electron chi connectivity index (χ0n) is 11.0. The molecule has 1 aromatic carbocycles. The van der Waals surface area contributed by atoms with Gasteiger partial charge >= 0.3 is 0 Å². The number of benzene rings is 1. The van der Waals surface area contributed by atoms with Crippen molar-refractivity contribution in [1.82, 2.24) is 15.1 Å². The summed E-state index contributed by atoms with van der Waals surface area (Å²) in [5.74, 6) is 0.444. The molecule has 3 rings (SSSR count). The van der Waals surface area contributed by atoms with Crippen molar-refractivity contribution in [3.8, 4) is 0 Å². The van der Waals surface area contributed by atoms with Crippen LogP contribution >= 0.6 is 0 Å². The number of carbonyl (C=O) groups is 1. The number of nitrogens with two attached hydrogens (primary N) is 1. The lowest BCUT2D eigenvalue weighted by molar-refractivity contribution is 0.0668. The molecule has 5 nitrogen and oxygen atoms in total. The summed E-state index contributed by atoms with van der Waals surface area (Å²) in [7, 11) is 0. The molecule has 19 heavy (non-hydrogen) atoms. The van der Waals surface area contributed by atoms with Gasteiger partial charge in [0, 0.05) is 24.5 Å². The Morgan fingerprint density at radius 2 is 2.26 bits per heavy atom. The zero-order valence-corrected chi connectivity index (χ0v) is 11.0. The van der Waals surface area contributed by atoms with Crippen molar-refractivity contribution < 1.29 is 4.79 Å². The number of H-pyrrole nitrogens is 1. The summed E-state index contributed by atoms with van der Waals surface area (Å²) in [6.07, 6.45) is 0.954. The summed E-state index contributed by atoms with van der Waals surface area (Å²) in [4.78, 5) is 14.3. The Morgan fingerprint density at radius 3 is 3.05 bits per heavy atom. The maximum absolute atomic E-state index is 12.5. The van der Waals surface area contributed by atoms with Gasteiger partial charge in [-0.25, -0.2) is 0 Å². The third-order valence-electron chi connectivity index (χ3n) is 3.98. The van der Waals surface area contributed by atoms with E-state index in [2.05, 4.69) is 17.1 Å². The van der Waals surface area contributed by atoms with Gasteiger partial charge in [0.1, 0.15) is 0 Å². The van der Waals surface area contributed by atoms with Gasteiger partial charge in [0.25, 0.3) is 5.91 Å². The van der Waals surface area contributed by atoms with Crippen LogP contribution in [0.3, 0.4) is 0 Å². The van der Waals surface area contributed by atoms with E-state index in [-0.39, 0.29) is 11.9 Å². The minimum Gasteiger partial charge on any atom is -0.336 e. The lowest BCUT2D eigenvalue weighted by Gasteiger charge is -2.34. The van der Waals surface area contributed by atoms with E-state index in [4.69, 9.17) is 5.73 Å². The van der Waals surface area contributed by atoms with Crippen LogP contribution in [0.5, 0.6) is 0 Å². The predicted octanol–water partition coefficient (Wildman–Crippen LogP) is 1.37. The Morgan fingerprint density at radius 1 is 1.47 bits per heavy atom. The monoisotopic (exact) mass is 258 g/mol. The highest BCUT2D eigenvalue weighted by Gasteiger charge is 2.28. The van der Waals surface area contributed by atoms with E-state index in [1.54, 1.807) is 0 Å². The number of nitrogens with one attached hydrogen (secondary N) is 1. The van der Waals surface area contributed by atoms with Crippen LogP contribution in [0.2, 0.25) is 0 Å². The number of aromatic amines is 1. The van der Waals surface area contributed by atoms with E-state index in [1.807, 2.05) is 29.2 Å². The topological polar surface area (TPSA) is 75.0 Å². The standard InChI is InChI=1S/C14H18N4O/c1-9-6-7-18(8-11(9)15)14(19)13-10-4-2-3-5-12(10)16-17-13/h2-5,9,11H,6-8,15H2,1H3,(H,16,17). The molecule has 1 amide bonds. The number of fused-ring (bicyclic) bond motifs is 1. The Balaban J connectivity index is 1.88. The molecule has 1 aromatic heterocycles. The minimum atomic E-state index is -0.0280. The van der Waals surface area contributed by atoms with E-state index < -0.39 is 0 Å². The normalized spacial score (nSPS) is 23.8. The summed E-state index contributed by atoms with van der Waals surface area (Å²) in [6, 6.07) is 7.73. The van der Waals surface area contributed by atoms with Crippen LogP contribution < -0.4 is 5.73 Å². The Labute approximate surface area is 111 Å². The van der Waals surface area contributed by atoms with E-state index in [9.17, 15) is 4.79 Å². The predicted molar refractivity (Wildman–Crippen MR) is 73.8 cm³/mol. The fourth-order valence-corrected chi connectivity index (χ4v) is 2.56. The van der Waals surface area contributed by atoms with Crippen molar-refractivity contribution in [2.75, 3.05) is 13.1 Å². The number of piperidine rings is 1. The molecule has 1 saturated heterocycles. The molecule has 1 aliphatic heterocycles. The fourth-order valence-electron chi connectivity index (χ4n) is 2.56. The second kappa shape index (κ2) is 4.66. The van der Waals surface area contributed by atoms with E-state index in [0.29, 0.717) is 18.2 Å². The first-order valence-corrected chi connectivity index (χ1v) is 6.65. The Kier molecular flexibility index (Phi) is 2.98. The molecule has 1 fully saturated rings. The number of amides is 1. The van der Waals surface area contributed by atoms with Gasteiger partial charge in [0.05, 0.1) is 5.52 Å². The molecular formula is C14H18N4O. The van der Waals surface area contributed by atoms with E-state index in [1.165, 1.54) is 0 Å². The molecule has 0 spiro atoms. The Hall–Kier alpha value is -1.88. The molecule has 100 valence electrons.